The lowest BCUT2D eigenvalue weighted by Crippen LogP contribution is -2.19. The van der Waals surface area contributed by atoms with Gasteiger partial charge in [-0.25, -0.2) is 0 Å². The molecule has 0 spiro atoms. The van der Waals surface area contributed by atoms with Crippen molar-refractivity contribution in [3.05, 3.63) is 28.8 Å². The van der Waals surface area contributed by atoms with Crippen LogP contribution in [0.3, 0.4) is 0 Å². The maximum absolute atomic E-state index is 12.4. The van der Waals surface area contributed by atoms with E-state index in [1.807, 2.05) is 6.07 Å². The van der Waals surface area contributed by atoms with Crippen molar-refractivity contribution in [3.63, 3.8) is 0 Å². The minimum absolute atomic E-state index is 0.00265. The van der Waals surface area contributed by atoms with Crippen LogP contribution >= 0.6 is 15.9 Å². The first-order valence-corrected chi connectivity index (χ1v) is 6.96. The third-order valence-electron chi connectivity index (χ3n) is 2.49. The highest BCUT2D eigenvalue weighted by molar-refractivity contribution is 9.08. The fourth-order valence-corrected chi connectivity index (χ4v) is 2.32. The fourth-order valence-electron chi connectivity index (χ4n) is 1.70. The van der Waals surface area contributed by atoms with Gasteiger partial charge >= 0.3 is 12.3 Å². The molecule has 0 amide bonds. The number of benzene rings is 1. The molecule has 8 heteroatoms. The molecule has 0 saturated heterocycles. The Kier molecular flexibility index (Phi) is 6.03. The average Bonchev–Trinajstić information content (AvgIpc) is 2.37. The molecule has 0 atom stereocenters. The summed E-state index contributed by atoms with van der Waals surface area (Å²) < 4.78 is 45.8. The van der Waals surface area contributed by atoms with Gasteiger partial charge in [0.25, 0.3) is 0 Å². The van der Waals surface area contributed by atoms with Gasteiger partial charge in [-0.2, -0.15) is 5.26 Å². The molecule has 0 heterocycles. The van der Waals surface area contributed by atoms with Crippen LogP contribution in [0.4, 0.5) is 13.2 Å². The third-order valence-corrected chi connectivity index (χ3v) is 3.06. The summed E-state index contributed by atoms with van der Waals surface area (Å²) in [7, 11) is 0. The summed E-state index contributed by atoms with van der Waals surface area (Å²) >= 11 is 3.05. The van der Waals surface area contributed by atoms with Gasteiger partial charge in [-0.3, -0.25) is 4.79 Å². The summed E-state index contributed by atoms with van der Waals surface area (Å²) in [5, 5.41) is 9.03. The number of alkyl halides is 4. The number of carbonyl (C=O) groups excluding carboxylic acids is 1. The second-order valence-corrected chi connectivity index (χ2v) is 4.40. The van der Waals surface area contributed by atoms with Gasteiger partial charge < -0.3 is 9.47 Å². The van der Waals surface area contributed by atoms with E-state index in [9.17, 15) is 18.0 Å². The van der Waals surface area contributed by atoms with Crippen LogP contribution in [-0.2, 0) is 21.3 Å². The number of esters is 1. The minimum atomic E-state index is -4.85. The smallest absolute Gasteiger partial charge is 0.466 e. The molecule has 0 N–H and O–H groups in total. The predicted octanol–water partition coefficient (Wildman–Crippen LogP) is 3.46. The molecule has 1 aromatic carbocycles. The van der Waals surface area contributed by atoms with Crippen LogP contribution in [-0.4, -0.2) is 18.9 Å². The van der Waals surface area contributed by atoms with Crippen molar-refractivity contribution in [1.29, 1.82) is 5.26 Å². The Labute approximate surface area is 127 Å². The van der Waals surface area contributed by atoms with E-state index in [-0.39, 0.29) is 35.0 Å². The summed E-state index contributed by atoms with van der Waals surface area (Å²) in [6.07, 6.45) is -5.15. The highest BCUT2D eigenvalue weighted by atomic mass is 79.9. The zero-order valence-electron chi connectivity index (χ0n) is 11.0. The van der Waals surface area contributed by atoms with Crippen LogP contribution in [0.1, 0.15) is 23.6 Å². The summed E-state index contributed by atoms with van der Waals surface area (Å²) in [6.45, 7) is 1.75. The lowest BCUT2D eigenvalue weighted by molar-refractivity contribution is -0.274. The van der Waals surface area contributed by atoms with Crippen LogP contribution in [0, 0.1) is 11.3 Å². The van der Waals surface area contributed by atoms with Crippen molar-refractivity contribution in [3.8, 4) is 11.8 Å². The van der Waals surface area contributed by atoms with Crippen molar-refractivity contribution in [2.75, 3.05) is 6.61 Å². The van der Waals surface area contributed by atoms with Gasteiger partial charge in [0.05, 0.1) is 24.7 Å². The molecule has 0 unspecified atom stereocenters. The van der Waals surface area contributed by atoms with Crippen LogP contribution in [0.5, 0.6) is 5.75 Å². The Morgan fingerprint density at radius 2 is 2.05 bits per heavy atom. The molecule has 114 valence electrons. The second kappa shape index (κ2) is 7.31. The number of halogens is 4. The van der Waals surface area contributed by atoms with E-state index < -0.39 is 18.1 Å². The van der Waals surface area contributed by atoms with Crippen LogP contribution in [0.25, 0.3) is 0 Å². The SMILES string of the molecule is CCOC(=O)Cc1c(C#N)ccc(OC(F)(F)F)c1CBr. The van der Waals surface area contributed by atoms with Gasteiger partial charge in [-0.15, -0.1) is 13.2 Å². The zero-order valence-corrected chi connectivity index (χ0v) is 12.5. The van der Waals surface area contributed by atoms with Gasteiger partial charge in [0.2, 0.25) is 0 Å². The third kappa shape index (κ3) is 4.93. The van der Waals surface area contributed by atoms with Gasteiger partial charge in [-0.1, -0.05) is 15.9 Å². The topological polar surface area (TPSA) is 59.3 Å². The number of rotatable bonds is 5. The highest BCUT2D eigenvalue weighted by Gasteiger charge is 2.33. The molecular weight excluding hydrogens is 355 g/mol. The van der Waals surface area contributed by atoms with Crippen LogP contribution in [0.2, 0.25) is 0 Å². The first kappa shape index (κ1) is 17.3. The Bertz CT molecular complexity index is 567. The number of carbonyl (C=O) groups is 1. The molecule has 0 aliphatic carbocycles. The summed E-state index contributed by atoms with van der Waals surface area (Å²) in [5.41, 5.74) is 0.362. The molecule has 0 saturated carbocycles. The molecule has 0 aliphatic rings. The fraction of sp³-hybridized carbons (Fsp3) is 0.385. The lowest BCUT2D eigenvalue weighted by Gasteiger charge is -2.16. The standard InChI is InChI=1S/C13H11BrF3NO3/c1-2-20-12(19)5-9-8(7-18)3-4-11(10(9)6-14)21-13(15,16)17/h3-4H,2,5-6H2,1H3. The van der Waals surface area contributed by atoms with Crippen molar-refractivity contribution in [1.82, 2.24) is 0 Å². The Morgan fingerprint density at radius 1 is 1.38 bits per heavy atom. The first-order chi connectivity index (χ1) is 9.82. The molecule has 1 aromatic rings. The number of ether oxygens (including phenoxy) is 2. The predicted molar refractivity (Wildman–Crippen MR) is 70.8 cm³/mol. The lowest BCUT2D eigenvalue weighted by atomic mass is 9.99. The maximum atomic E-state index is 12.4. The molecule has 0 bridgehead atoms. The second-order valence-electron chi connectivity index (χ2n) is 3.84. The van der Waals surface area contributed by atoms with E-state index in [2.05, 4.69) is 20.7 Å². The monoisotopic (exact) mass is 365 g/mol. The van der Waals surface area contributed by atoms with Gasteiger partial charge in [0, 0.05) is 10.9 Å². The first-order valence-electron chi connectivity index (χ1n) is 5.84. The van der Waals surface area contributed by atoms with Crippen molar-refractivity contribution < 1.29 is 27.4 Å². The van der Waals surface area contributed by atoms with E-state index in [0.29, 0.717) is 0 Å². The number of nitrogens with zero attached hydrogens (tertiary/aromatic N) is 1. The number of hydrogen-bond donors (Lipinski definition) is 0. The summed E-state index contributed by atoms with van der Waals surface area (Å²) in [4.78, 5) is 11.5. The quantitative estimate of drug-likeness (QED) is 0.592. The van der Waals surface area contributed by atoms with Gasteiger partial charge in [0.1, 0.15) is 5.75 Å². The van der Waals surface area contributed by atoms with Gasteiger partial charge in [-0.05, 0) is 24.6 Å². The Balaban J connectivity index is 3.27. The molecule has 0 aromatic heterocycles. The van der Waals surface area contributed by atoms with E-state index in [0.717, 1.165) is 6.07 Å². The van der Waals surface area contributed by atoms with Gasteiger partial charge in [0.15, 0.2) is 0 Å². The summed E-state index contributed by atoms with van der Waals surface area (Å²) in [5.74, 6) is -1.07. The van der Waals surface area contributed by atoms with E-state index in [4.69, 9.17) is 10.00 Å². The maximum Gasteiger partial charge on any atom is 0.573 e. The molecule has 0 fully saturated rings. The molecule has 1 rings (SSSR count). The van der Waals surface area contributed by atoms with Crippen LogP contribution < -0.4 is 4.74 Å². The molecule has 0 radical (unpaired) electrons. The van der Waals surface area contributed by atoms with Crippen molar-refractivity contribution >= 4 is 21.9 Å². The normalized spacial score (nSPS) is 10.9. The average molecular weight is 366 g/mol. The molecular formula is C13H11BrF3NO3. The Morgan fingerprint density at radius 3 is 2.52 bits per heavy atom. The molecule has 0 aliphatic heterocycles. The zero-order chi connectivity index (χ0) is 16.0. The molecule has 4 nitrogen and oxygen atoms in total. The van der Waals surface area contributed by atoms with Crippen molar-refractivity contribution in [2.24, 2.45) is 0 Å². The van der Waals surface area contributed by atoms with Crippen molar-refractivity contribution in [2.45, 2.75) is 25.0 Å². The highest BCUT2D eigenvalue weighted by Crippen LogP contribution is 2.32. The minimum Gasteiger partial charge on any atom is -0.466 e. The van der Waals surface area contributed by atoms with E-state index >= 15 is 0 Å². The van der Waals surface area contributed by atoms with E-state index in [1.54, 1.807) is 6.92 Å². The van der Waals surface area contributed by atoms with Crippen LogP contribution in [0.15, 0.2) is 12.1 Å². The molecule has 21 heavy (non-hydrogen) atoms. The largest absolute Gasteiger partial charge is 0.573 e. The summed E-state index contributed by atoms with van der Waals surface area (Å²) in [6, 6.07) is 4.08. The number of hydrogen-bond acceptors (Lipinski definition) is 4. The Hall–Kier alpha value is -1.75. The number of nitriles is 1. The van der Waals surface area contributed by atoms with E-state index in [1.165, 1.54) is 6.07 Å².